The summed E-state index contributed by atoms with van der Waals surface area (Å²) in [7, 11) is 0. The van der Waals surface area contributed by atoms with E-state index in [1.165, 1.54) is 42.7 Å². The number of aromatic nitrogens is 3. The number of aryl methyl sites for hydroxylation is 1. The zero-order chi connectivity index (χ0) is 63.0. The number of anilines is 2. The molecule has 5 amide bonds. The first-order valence-electron chi connectivity index (χ1n) is 30.1. The average Bonchev–Trinajstić information content (AvgIpc) is 1.84. The maximum absolute atomic E-state index is 13.7. The number of hydrogen-bond donors (Lipinski definition) is 6. The van der Waals surface area contributed by atoms with Gasteiger partial charge in [0.15, 0.2) is 11.6 Å². The minimum atomic E-state index is -1.01. The minimum Gasteiger partial charge on any atom is -0.449 e. The Morgan fingerprint density at radius 2 is 1.42 bits per heavy atom. The summed E-state index contributed by atoms with van der Waals surface area (Å²) in [6, 6.07) is 42.3. The van der Waals surface area contributed by atoms with Crippen LogP contribution in [0.2, 0.25) is 0 Å². The number of benzene rings is 6. The molecule has 462 valence electrons. The molecular formula is C68H74N10O11. The number of urea groups is 1. The van der Waals surface area contributed by atoms with Crippen molar-refractivity contribution in [1.82, 2.24) is 30.5 Å². The van der Waals surface area contributed by atoms with Crippen LogP contribution in [0.3, 0.4) is 0 Å². The molecule has 1 fully saturated rings. The van der Waals surface area contributed by atoms with Crippen molar-refractivity contribution in [3.63, 3.8) is 0 Å². The monoisotopic (exact) mass is 1210 g/mol. The molecule has 2 aliphatic rings. The molecular weight excluding hydrogens is 1130 g/mol. The summed E-state index contributed by atoms with van der Waals surface area (Å²) in [6.07, 6.45) is 4.79. The van der Waals surface area contributed by atoms with Gasteiger partial charge in [-0.2, -0.15) is 0 Å². The summed E-state index contributed by atoms with van der Waals surface area (Å²) in [6.45, 7) is 7.19. The number of amides is 5. The van der Waals surface area contributed by atoms with Crippen molar-refractivity contribution >= 4 is 75.0 Å². The number of nitrogens with two attached hydrogens (primary N) is 2. The van der Waals surface area contributed by atoms with Crippen molar-refractivity contribution in [2.45, 2.75) is 110 Å². The number of hydrogen-bond acceptors (Lipinski definition) is 14. The highest BCUT2D eigenvalue weighted by Gasteiger charge is 2.33. The Morgan fingerprint density at radius 3 is 2.07 bits per heavy atom. The molecule has 89 heavy (non-hydrogen) atoms. The number of nitrogens with one attached hydrogen (secondary N) is 4. The first-order chi connectivity index (χ1) is 43.0. The first-order valence-corrected chi connectivity index (χ1v) is 30.1. The van der Waals surface area contributed by atoms with Crippen molar-refractivity contribution in [3.8, 4) is 16.9 Å². The minimum absolute atomic E-state index is 0.0739. The third-order valence-corrected chi connectivity index (χ3v) is 15.8. The Hall–Kier alpha value is -10.2. The van der Waals surface area contributed by atoms with Crippen molar-refractivity contribution < 1.29 is 47.9 Å². The topological polar surface area (TPSA) is 304 Å². The Bertz CT molecular complexity index is 3780. The van der Waals surface area contributed by atoms with E-state index in [9.17, 15) is 38.9 Å². The molecule has 0 unspecified atom stereocenters. The standard InChI is InChI=1S/C41H43N5O10.C27H31N5O/c1-25(2)37(45-40(50)54-24-35-33-11-5-3-9-31(33)32-10-4-6-12-34(32)35)36(47)22-27(8-7-21-43-39(42)49)38(48)44-28-15-13-26(14-16-28)23-55-41(51)56-30-19-17-29(18-20-30)46(52)53;1-2-3-8-23-31-25-26(21-6-4-5-7-22(21)30-27(25)28)32(23)17-20-13-11-19(12-14-20)16-29-24(33)15-18-9-10-18/h3-6,9-20,25,27,35,37H,7-8,21-24H2,1-2H3,(H,44,48)(H,45,50)(H3,42,43,49);4-7,11-14,18H,2-3,8-10,15-17H2,1H3,(H2,28,30)(H,29,33)/t27-,37+;/m1./s1. The zero-order valence-electron chi connectivity index (χ0n) is 50.1. The molecule has 2 heterocycles. The lowest BCUT2D eigenvalue weighted by atomic mass is 9.89. The maximum Gasteiger partial charge on any atom is 0.514 e. The van der Waals surface area contributed by atoms with Crippen LogP contribution in [0.1, 0.15) is 112 Å². The van der Waals surface area contributed by atoms with Crippen molar-refractivity contribution in [2.24, 2.45) is 23.5 Å². The fourth-order valence-electron chi connectivity index (χ4n) is 10.9. The van der Waals surface area contributed by atoms with Crippen LogP contribution in [0.4, 0.5) is 31.6 Å². The van der Waals surface area contributed by atoms with Crippen LogP contribution in [0.25, 0.3) is 33.1 Å². The first kappa shape index (κ1) is 63.3. The highest BCUT2D eigenvalue weighted by molar-refractivity contribution is 6.06. The number of primary amides is 1. The smallest absolute Gasteiger partial charge is 0.449 e. The van der Waals surface area contributed by atoms with E-state index in [-0.39, 0.29) is 67.6 Å². The number of non-ortho nitro benzene ring substituents is 1. The van der Waals surface area contributed by atoms with Gasteiger partial charge in [0.2, 0.25) is 11.8 Å². The van der Waals surface area contributed by atoms with Crippen LogP contribution < -0.4 is 37.5 Å². The molecule has 0 saturated heterocycles. The van der Waals surface area contributed by atoms with Crippen LogP contribution in [0, 0.1) is 27.9 Å². The summed E-state index contributed by atoms with van der Waals surface area (Å²) in [4.78, 5) is 95.5. The van der Waals surface area contributed by atoms with Crippen LogP contribution in [0.15, 0.2) is 146 Å². The number of Topliss-reactive ketones (excluding diaryl/α,β-unsaturated/α-hetero) is 1. The van der Waals surface area contributed by atoms with Crippen LogP contribution in [0.5, 0.6) is 5.75 Å². The fraction of sp³-hybridized carbons (Fsp3) is 0.324. The molecule has 8 N–H and O–H groups in total. The molecule has 1 saturated carbocycles. The predicted octanol–water partition coefficient (Wildman–Crippen LogP) is 11.8. The van der Waals surface area contributed by atoms with Gasteiger partial charge in [0.1, 0.15) is 30.3 Å². The molecule has 0 aliphatic heterocycles. The lowest BCUT2D eigenvalue weighted by Gasteiger charge is -2.24. The third-order valence-electron chi connectivity index (χ3n) is 15.8. The van der Waals surface area contributed by atoms with E-state index < -0.39 is 41.1 Å². The number of nitro benzene ring substituents is 1. The fourth-order valence-corrected chi connectivity index (χ4v) is 10.9. The molecule has 6 aromatic carbocycles. The largest absolute Gasteiger partial charge is 0.514 e. The molecule has 0 radical (unpaired) electrons. The molecule has 8 aromatic rings. The van der Waals surface area contributed by atoms with Crippen LogP contribution >= 0.6 is 0 Å². The Kier molecular flexibility index (Phi) is 21.3. The number of carbonyl (C=O) groups excluding carboxylic acids is 6. The van der Waals surface area contributed by atoms with Gasteiger partial charge in [-0.05, 0) is 113 Å². The Balaban J connectivity index is 0.000000240. The van der Waals surface area contributed by atoms with E-state index >= 15 is 0 Å². The van der Waals surface area contributed by atoms with Crippen molar-refractivity contribution in [3.05, 3.63) is 189 Å². The highest BCUT2D eigenvalue weighted by atomic mass is 16.7. The number of nitrogens with zero attached hydrogens (tertiary/aromatic N) is 4. The van der Waals surface area contributed by atoms with Gasteiger partial charge in [-0.1, -0.05) is 130 Å². The van der Waals surface area contributed by atoms with Gasteiger partial charge < -0.3 is 51.5 Å². The summed E-state index contributed by atoms with van der Waals surface area (Å²) in [5.41, 5.74) is 21.7. The molecule has 2 aliphatic carbocycles. The van der Waals surface area contributed by atoms with E-state index in [0.29, 0.717) is 42.4 Å². The van der Waals surface area contributed by atoms with Gasteiger partial charge >= 0.3 is 18.3 Å². The Morgan fingerprint density at radius 1 is 0.764 bits per heavy atom. The SMILES string of the molecule is CC(C)[C@H](NC(=O)OCC1c2ccccc2-c2ccccc21)C(=O)C[C@@H](CCCNC(N)=O)C(=O)Nc1ccc(COC(=O)Oc2ccc([N+](=O)[O-])cc2)cc1.CCCCc1nc2c(N)nc3ccccc3c2n1Cc1ccc(CNC(=O)CC2CC2)cc1. The van der Waals surface area contributed by atoms with Gasteiger partial charge in [0.25, 0.3) is 5.69 Å². The Labute approximate surface area is 515 Å². The van der Waals surface area contributed by atoms with E-state index in [2.05, 4.69) is 68.1 Å². The van der Waals surface area contributed by atoms with E-state index in [1.54, 1.807) is 38.1 Å². The summed E-state index contributed by atoms with van der Waals surface area (Å²) >= 11 is 0. The van der Waals surface area contributed by atoms with Crippen LogP contribution in [-0.2, 0) is 50.0 Å². The maximum atomic E-state index is 13.7. The molecule has 21 nitrogen and oxygen atoms in total. The molecule has 2 aromatic heterocycles. The van der Waals surface area contributed by atoms with Crippen molar-refractivity contribution in [1.29, 1.82) is 0 Å². The lowest BCUT2D eigenvalue weighted by Crippen LogP contribution is -2.46. The van der Waals surface area contributed by atoms with E-state index in [1.807, 2.05) is 66.7 Å². The number of alkyl carbamates (subject to hydrolysis) is 1. The van der Waals surface area contributed by atoms with Crippen molar-refractivity contribution in [2.75, 3.05) is 24.2 Å². The molecule has 10 rings (SSSR count). The third kappa shape index (κ3) is 17.1. The van der Waals surface area contributed by atoms with Gasteiger partial charge in [-0.15, -0.1) is 0 Å². The number of nitrogen functional groups attached to an aromatic ring is 1. The second-order valence-corrected chi connectivity index (χ2v) is 22.7. The molecule has 0 bridgehead atoms. The van der Waals surface area contributed by atoms with E-state index in [0.717, 1.165) is 81.4 Å². The number of para-hydroxylation sites is 1. The zero-order valence-corrected chi connectivity index (χ0v) is 50.1. The lowest BCUT2D eigenvalue weighted by molar-refractivity contribution is -0.384. The number of ether oxygens (including phenoxy) is 3. The number of carbonyl (C=O) groups is 6. The molecule has 21 heteroatoms. The number of rotatable bonds is 26. The number of nitro groups is 1. The van der Waals surface area contributed by atoms with Crippen LogP contribution in [-0.4, -0.2) is 74.5 Å². The van der Waals surface area contributed by atoms with Gasteiger partial charge in [0.05, 0.1) is 22.0 Å². The van der Waals surface area contributed by atoms with Gasteiger partial charge in [-0.25, -0.2) is 24.4 Å². The second kappa shape index (κ2) is 30.0. The predicted molar refractivity (Wildman–Crippen MR) is 339 cm³/mol. The summed E-state index contributed by atoms with van der Waals surface area (Å²) in [5, 5.41) is 23.0. The normalized spacial score (nSPS) is 13.0. The molecule has 2 atom stereocenters. The number of fused-ring (bicyclic) bond motifs is 6. The van der Waals surface area contributed by atoms with Gasteiger partial charge in [-0.3, -0.25) is 24.5 Å². The average molecular weight is 1210 g/mol. The number of pyridine rings is 1. The summed E-state index contributed by atoms with van der Waals surface area (Å²) < 4.78 is 18.2. The molecule has 0 spiro atoms. The highest BCUT2D eigenvalue weighted by Crippen LogP contribution is 2.44. The quantitative estimate of drug-likeness (QED) is 0.00966. The van der Waals surface area contributed by atoms with E-state index in [4.69, 9.17) is 30.7 Å². The second-order valence-electron chi connectivity index (χ2n) is 22.7. The van der Waals surface area contributed by atoms with Gasteiger partial charge in [0, 0.05) is 73.9 Å². The number of unbranched alkanes of at least 4 members (excludes halogenated alkanes) is 1. The number of imidazole rings is 1. The summed E-state index contributed by atoms with van der Waals surface area (Å²) in [5.74, 6) is 0.280. The number of ketones is 1.